The molecule has 2 aromatic rings. The number of allylic oxidation sites excluding steroid dienone is 1. The molecule has 202 valence electrons. The lowest BCUT2D eigenvalue weighted by Gasteiger charge is -2.25. The second kappa shape index (κ2) is 12.3. The molecule has 0 unspecified atom stereocenters. The van der Waals surface area contributed by atoms with Crippen molar-refractivity contribution in [2.24, 2.45) is 15.9 Å². The van der Waals surface area contributed by atoms with Crippen molar-refractivity contribution < 1.29 is 22.6 Å². The Morgan fingerprint density at radius 2 is 1.89 bits per heavy atom. The molecule has 2 heterocycles. The number of amidine groups is 1. The minimum atomic E-state index is -3.98. The van der Waals surface area contributed by atoms with Gasteiger partial charge in [0.15, 0.2) is 5.82 Å². The Balaban J connectivity index is 2.09. The summed E-state index contributed by atoms with van der Waals surface area (Å²) in [6.07, 6.45) is 3.90. The molecule has 3 atom stereocenters. The van der Waals surface area contributed by atoms with E-state index in [1.807, 2.05) is 13.8 Å². The lowest BCUT2D eigenvalue weighted by atomic mass is 10.1. The molecular formula is C25H36N6O5S. The van der Waals surface area contributed by atoms with Crippen LogP contribution in [0, 0.1) is 5.92 Å². The molecule has 0 radical (unpaired) electrons. The maximum Gasteiger partial charge on any atom is 0.243 e. The first-order valence-corrected chi connectivity index (χ1v) is 13.7. The first-order valence-electron chi connectivity index (χ1n) is 12.1. The van der Waals surface area contributed by atoms with Crippen molar-refractivity contribution in [1.29, 1.82) is 0 Å². The van der Waals surface area contributed by atoms with Gasteiger partial charge in [0.05, 0.1) is 19.5 Å². The summed E-state index contributed by atoms with van der Waals surface area (Å²) in [7, 11) is -0.918. The molecule has 0 amide bonds. The molecule has 1 aliphatic heterocycles. The smallest absolute Gasteiger partial charge is 0.243 e. The Hall–Kier alpha value is -3.25. The van der Waals surface area contributed by atoms with Crippen molar-refractivity contribution in [2.75, 3.05) is 25.5 Å². The van der Waals surface area contributed by atoms with Crippen molar-refractivity contribution in [2.45, 2.75) is 58.3 Å². The van der Waals surface area contributed by atoms with Crippen molar-refractivity contribution in [1.82, 2.24) is 14.8 Å². The molecule has 1 N–H and O–H groups in total. The molecule has 0 bridgehead atoms. The number of methoxy groups -OCH3 is 2. The molecule has 0 spiro atoms. The first-order chi connectivity index (χ1) is 17.6. The fraction of sp³-hybridized carbons (Fsp3) is 0.520. The molecule has 12 heteroatoms. The second-order valence-corrected chi connectivity index (χ2v) is 11.1. The van der Waals surface area contributed by atoms with Crippen molar-refractivity contribution in [3.05, 3.63) is 35.8 Å². The summed E-state index contributed by atoms with van der Waals surface area (Å²) in [5.41, 5.74) is 1.43. The number of anilines is 1. The Morgan fingerprint density at radius 3 is 2.43 bits per heavy atom. The summed E-state index contributed by atoms with van der Waals surface area (Å²) in [6, 6.07) is 5.30. The van der Waals surface area contributed by atoms with E-state index in [0.29, 0.717) is 35.5 Å². The number of benzene rings is 1. The van der Waals surface area contributed by atoms with Gasteiger partial charge in [-0.15, -0.1) is 10.2 Å². The number of rotatable bonds is 10. The molecule has 0 aliphatic carbocycles. The quantitative estimate of drug-likeness (QED) is 0.356. The fourth-order valence-corrected chi connectivity index (χ4v) is 5.22. The van der Waals surface area contributed by atoms with E-state index < -0.39 is 21.2 Å². The highest BCUT2D eigenvalue weighted by Gasteiger charge is 2.34. The third-order valence-corrected chi connectivity index (χ3v) is 8.09. The van der Waals surface area contributed by atoms with Gasteiger partial charge in [-0.1, -0.05) is 18.6 Å². The summed E-state index contributed by atoms with van der Waals surface area (Å²) in [5, 5.41) is 7.66. The van der Waals surface area contributed by atoms with Crippen molar-refractivity contribution in [3.63, 3.8) is 0 Å². The van der Waals surface area contributed by atoms with E-state index >= 15 is 0 Å². The number of para-hydroxylation sites is 1. The van der Waals surface area contributed by atoms with Crippen LogP contribution in [0.25, 0.3) is 5.69 Å². The highest BCUT2D eigenvalue weighted by molar-refractivity contribution is 7.93. The topological polar surface area (TPSA) is 129 Å². The van der Waals surface area contributed by atoms with Gasteiger partial charge in [-0.2, -0.15) is 0 Å². The van der Waals surface area contributed by atoms with E-state index in [2.05, 4.69) is 31.6 Å². The summed E-state index contributed by atoms with van der Waals surface area (Å²) < 4.78 is 48.5. The van der Waals surface area contributed by atoms with E-state index in [-0.39, 0.29) is 12.1 Å². The molecule has 1 fully saturated rings. The molecule has 1 aromatic heterocycles. The van der Waals surface area contributed by atoms with E-state index in [1.165, 1.54) is 14.2 Å². The van der Waals surface area contributed by atoms with Gasteiger partial charge >= 0.3 is 0 Å². The summed E-state index contributed by atoms with van der Waals surface area (Å²) in [5.74, 6) is 1.15. The second-order valence-electron chi connectivity index (χ2n) is 9.08. The zero-order valence-electron chi connectivity index (χ0n) is 22.3. The van der Waals surface area contributed by atoms with Crippen molar-refractivity contribution >= 4 is 28.5 Å². The number of ether oxygens (including phenoxy) is 3. The Bertz CT molecular complexity index is 1240. The van der Waals surface area contributed by atoms with Gasteiger partial charge in [-0.05, 0) is 58.9 Å². The van der Waals surface area contributed by atoms with Crippen LogP contribution in [0.5, 0.6) is 11.5 Å². The molecule has 37 heavy (non-hydrogen) atoms. The molecule has 3 rings (SSSR count). The molecule has 1 saturated heterocycles. The zero-order chi connectivity index (χ0) is 27.2. The van der Waals surface area contributed by atoms with Gasteiger partial charge in [0.2, 0.25) is 16.0 Å². The predicted octanol–water partition coefficient (Wildman–Crippen LogP) is 4.32. The van der Waals surface area contributed by atoms with E-state index in [9.17, 15) is 8.42 Å². The zero-order valence-corrected chi connectivity index (χ0v) is 23.1. The third-order valence-electron chi connectivity index (χ3n) is 6.23. The van der Waals surface area contributed by atoms with Crippen LogP contribution in [-0.2, 0) is 14.8 Å². The van der Waals surface area contributed by atoms with Crippen LogP contribution >= 0.6 is 0 Å². The highest BCUT2D eigenvalue weighted by atomic mass is 32.2. The number of hydrogen-bond acceptors (Lipinski definition) is 8. The Kier molecular flexibility index (Phi) is 9.44. The van der Waals surface area contributed by atoms with Crippen molar-refractivity contribution in [3.8, 4) is 17.2 Å². The average molecular weight is 533 g/mol. The lowest BCUT2D eigenvalue weighted by molar-refractivity contribution is 0.00839. The summed E-state index contributed by atoms with van der Waals surface area (Å²) in [6.45, 7) is 11.3. The Morgan fingerprint density at radius 1 is 1.22 bits per heavy atom. The third kappa shape index (κ3) is 6.37. The molecule has 1 aliphatic rings. The average Bonchev–Trinajstić information content (AvgIpc) is 3.30. The van der Waals surface area contributed by atoms with E-state index in [4.69, 9.17) is 14.2 Å². The van der Waals surface area contributed by atoms with E-state index in [1.54, 1.807) is 42.8 Å². The van der Waals surface area contributed by atoms with E-state index in [0.717, 1.165) is 24.8 Å². The molecule has 1 aromatic carbocycles. The van der Waals surface area contributed by atoms with Crippen LogP contribution in [0.15, 0.2) is 40.0 Å². The Labute approximate surface area is 218 Å². The summed E-state index contributed by atoms with van der Waals surface area (Å²) >= 11 is 0. The normalized spacial score (nSPS) is 18.0. The first kappa shape index (κ1) is 28.3. The van der Waals surface area contributed by atoms with Gasteiger partial charge in [-0.25, -0.2) is 18.4 Å². The summed E-state index contributed by atoms with van der Waals surface area (Å²) in [4.78, 5) is 8.27. The fourth-order valence-electron chi connectivity index (χ4n) is 3.98. The minimum Gasteiger partial charge on any atom is -0.494 e. The van der Waals surface area contributed by atoms with Gasteiger partial charge in [0, 0.05) is 18.7 Å². The lowest BCUT2D eigenvalue weighted by Crippen LogP contribution is -2.35. The number of hydrogen-bond donors (Lipinski definition) is 1. The predicted molar refractivity (Wildman–Crippen MR) is 145 cm³/mol. The van der Waals surface area contributed by atoms with Gasteiger partial charge in [0.25, 0.3) is 0 Å². The number of aromatic nitrogens is 3. The molecule has 0 saturated carbocycles. The largest absolute Gasteiger partial charge is 0.494 e. The van der Waals surface area contributed by atoms with Crippen LogP contribution in [-0.4, -0.2) is 61.8 Å². The van der Waals surface area contributed by atoms with Crippen LogP contribution in [0.2, 0.25) is 0 Å². The number of nitrogens with one attached hydrogen (secondary N) is 1. The number of aliphatic imine (C=N–C) groups is 2. The standard InChI is InChI=1S/C25H36N6O5S/c1-16(2)15-27-23(26-5)17(3)18(4)37(32,33)30-25-29-28-24(21-11-8-9-14-36-21)31(25)22-19(34-6)12-10-13-20(22)35-7/h10,12-13,15,17-18,21H,5,8-9,11,14H2,1-4,6-7H3,(H,29,30)/b27-23-/t17-,18-,21-/m0/s1. The maximum absolute atomic E-state index is 13.6. The van der Waals surface area contributed by atoms with Gasteiger partial charge < -0.3 is 14.2 Å². The minimum absolute atomic E-state index is 0.000345. The monoisotopic (exact) mass is 532 g/mol. The number of sulfonamides is 1. The maximum atomic E-state index is 13.6. The number of nitrogens with zero attached hydrogens (tertiary/aromatic N) is 5. The van der Waals surface area contributed by atoms with Gasteiger partial charge in [0.1, 0.15) is 29.1 Å². The van der Waals surface area contributed by atoms with Crippen LogP contribution < -0.4 is 14.2 Å². The molecular weight excluding hydrogens is 496 g/mol. The molecule has 11 nitrogen and oxygen atoms in total. The van der Waals surface area contributed by atoms with Crippen LogP contribution in [0.1, 0.15) is 58.9 Å². The highest BCUT2D eigenvalue weighted by Crippen LogP contribution is 2.38. The SMILES string of the molecule is C=N/C(=N\C=C(C)C)[C@@H](C)[C@H](C)S(=O)(=O)Nc1nnc([C@@H]2CCCCO2)n1-c1c(OC)cccc1OC. The van der Waals surface area contributed by atoms with Gasteiger partial charge in [-0.3, -0.25) is 9.29 Å². The van der Waals surface area contributed by atoms with Crippen LogP contribution in [0.4, 0.5) is 5.95 Å². The van der Waals surface area contributed by atoms with Crippen LogP contribution in [0.3, 0.4) is 0 Å².